The lowest BCUT2D eigenvalue weighted by Crippen LogP contribution is -2.57. The van der Waals surface area contributed by atoms with E-state index in [0.29, 0.717) is 5.91 Å². The van der Waals surface area contributed by atoms with Gasteiger partial charge in [-0.3, -0.25) is 9.69 Å². The van der Waals surface area contributed by atoms with Gasteiger partial charge < -0.3 is 4.90 Å². The van der Waals surface area contributed by atoms with Gasteiger partial charge in [-0.05, 0) is 50.3 Å². The number of benzene rings is 1. The van der Waals surface area contributed by atoms with Gasteiger partial charge in [0.15, 0.2) is 0 Å². The van der Waals surface area contributed by atoms with Gasteiger partial charge >= 0.3 is 0 Å². The van der Waals surface area contributed by atoms with Gasteiger partial charge in [0.05, 0.1) is 0 Å². The first-order chi connectivity index (χ1) is 11.0. The Morgan fingerprint density at radius 2 is 1.87 bits per heavy atom. The van der Waals surface area contributed by atoms with Gasteiger partial charge in [-0.25, -0.2) is 0 Å². The molecule has 0 bridgehead atoms. The molecule has 0 aromatic heterocycles. The summed E-state index contributed by atoms with van der Waals surface area (Å²) in [5, 5.41) is 0. The number of nitrogens with zero attached hydrogens (tertiary/aromatic N) is 2. The molecule has 0 N–H and O–H groups in total. The summed E-state index contributed by atoms with van der Waals surface area (Å²) in [5.74, 6) is 0.434. The zero-order valence-electron chi connectivity index (χ0n) is 14.8. The fraction of sp³-hybridized carbons (Fsp3) is 0.650. The van der Waals surface area contributed by atoms with Crippen LogP contribution < -0.4 is 0 Å². The Labute approximate surface area is 140 Å². The predicted molar refractivity (Wildman–Crippen MR) is 94.2 cm³/mol. The second kappa shape index (κ2) is 6.64. The van der Waals surface area contributed by atoms with E-state index in [1.54, 1.807) is 0 Å². The van der Waals surface area contributed by atoms with Crippen LogP contribution in [0, 0.1) is 12.8 Å². The molecule has 2 fully saturated rings. The molecular formula is C20H30N2O. The van der Waals surface area contributed by atoms with Crippen LogP contribution in [0.15, 0.2) is 24.3 Å². The Bertz CT molecular complexity index is 569. The van der Waals surface area contributed by atoms with Crippen LogP contribution in [0.5, 0.6) is 0 Å². The minimum absolute atomic E-state index is 0.108. The normalized spacial score (nSPS) is 25.5. The average molecular weight is 314 g/mol. The van der Waals surface area contributed by atoms with Crippen LogP contribution >= 0.6 is 0 Å². The summed E-state index contributed by atoms with van der Waals surface area (Å²) in [6, 6.07) is 8.71. The zero-order chi connectivity index (χ0) is 16.4. The molecule has 1 atom stereocenters. The molecule has 0 aliphatic carbocycles. The number of rotatable bonds is 3. The molecule has 23 heavy (non-hydrogen) atoms. The molecule has 0 saturated carbocycles. The van der Waals surface area contributed by atoms with E-state index in [1.807, 2.05) is 13.8 Å². The maximum Gasteiger partial charge on any atom is 0.225 e. The molecule has 2 aliphatic rings. The average Bonchev–Trinajstić information content (AvgIpc) is 2.90. The summed E-state index contributed by atoms with van der Waals surface area (Å²) in [7, 11) is 0. The highest BCUT2D eigenvalue weighted by molar-refractivity contribution is 5.78. The molecule has 2 saturated heterocycles. The first-order valence-electron chi connectivity index (χ1n) is 9.10. The minimum atomic E-state index is 0.108. The number of aryl methyl sites for hydroxylation is 1. The Balaban J connectivity index is 1.77. The number of hydrogen-bond donors (Lipinski definition) is 0. The monoisotopic (exact) mass is 314 g/mol. The van der Waals surface area contributed by atoms with Crippen molar-refractivity contribution in [1.29, 1.82) is 0 Å². The van der Waals surface area contributed by atoms with Crippen LogP contribution in [0.25, 0.3) is 0 Å². The topological polar surface area (TPSA) is 23.6 Å². The van der Waals surface area contributed by atoms with E-state index in [4.69, 9.17) is 0 Å². The van der Waals surface area contributed by atoms with E-state index in [9.17, 15) is 4.79 Å². The number of piperidine rings is 1. The molecule has 3 rings (SSSR count). The SMILES string of the molecule is Cc1ccccc1CN1CCC[C@@]12CCCN(C(=O)C(C)C)C2. The summed E-state index contributed by atoms with van der Waals surface area (Å²) in [5.41, 5.74) is 3.02. The number of hydrogen-bond acceptors (Lipinski definition) is 2. The van der Waals surface area contributed by atoms with Gasteiger partial charge in [0.25, 0.3) is 0 Å². The summed E-state index contributed by atoms with van der Waals surface area (Å²) in [6.45, 7) is 10.3. The molecule has 3 heteroatoms. The number of amides is 1. The summed E-state index contributed by atoms with van der Waals surface area (Å²) in [6.07, 6.45) is 4.87. The van der Waals surface area contributed by atoms with Crippen molar-refractivity contribution in [2.75, 3.05) is 19.6 Å². The van der Waals surface area contributed by atoms with Crippen molar-refractivity contribution < 1.29 is 4.79 Å². The Morgan fingerprint density at radius 1 is 1.17 bits per heavy atom. The third-order valence-corrected chi connectivity index (χ3v) is 5.72. The maximum atomic E-state index is 12.5. The van der Waals surface area contributed by atoms with Crippen molar-refractivity contribution in [3.05, 3.63) is 35.4 Å². The first kappa shape index (κ1) is 16.5. The second-order valence-electron chi connectivity index (χ2n) is 7.69. The van der Waals surface area contributed by atoms with Crippen molar-refractivity contribution in [1.82, 2.24) is 9.80 Å². The van der Waals surface area contributed by atoms with Crippen LogP contribution in [0.1, 0.15) is 50.7 Å². The van der Waals surface area contributed by atoms with Crippen molar-refractivity contribution >= 4 is 5.91 Å². The Hall–Kier alpha value is -1.35. The number of carbonyl (C=O) groups is 1. The maximum absolute atomic E-state index is 12.5. The molecule has 2 aliphatic heterocycles. The highest BCUT2D eigenvalue weighted by Crippen LogP contribution is 2.38. The highest BCUT2D eigenvalue weighted by Gasteiger charge is 2.44. The lowest BCUT2D eigenvalue weighted by molar-refractivity contribution is -0.138. The highest BCUT2D eigenvalue weighted by atomic mass is 16.2. The van der Waals surface area contributed by atoms with Gasteiger partial charge in [0.2, 0.25) is 5.91 Å². The fourth-order valence-electron chi connectivity index (χ4n) is 4.36. The summed E-state index contributed by atoms with van der Waals surface area (Å²) < 4.78 is 0. The van der Waals surface area contributed by atoms with E-state index < -0.39 is 0 Å². The van der Waals surface area contributed by atoms with Gasteiger partial charge in [0, 0.05) is 31.1 Å². The molecule has 0 radical (unpaired) electrons. The van der Waals surface area contributed by atoms with E-state index >= 15 is 0 Å². The molecule has 1 spiro atoms. The molecule has 1 amide bonds. The van der Waals surface area contributed by atoms with Crippen LogP contribution in [0.2, 0.25) is 0 Å². The molecule has 2 heterocycles. The largest absolute Gasteiger partial charge is 0.341 e. The predicted octanol–water partition coefficient (Wildman–Crippen LogP) is 3.61. The quantitative estimate of drug-likeness (QED) is 0.851. The summed E-state index contributed by atoms with van der Waals surface area (Å²) in [4.78, 5) is 17.3. The number of carbonyl (C=O) groups excluding carboxylic acids is 1. The van der Waals surface area contributed by atoms with E-state index in [0.717, 1.165) is 32.6 Å². The van der Waals surface area contributed by atoms with Gasteiger partial charge in [-0.1, -0.05) is 38.1 Å². The van der Waals surface area contributed by atoms with Gasteiger partial charge in [0.1, 0.15) is 0 Å². The van der Waals surface area contributed by atoms with E-state index in [-0.39, 0.29) is 11.5 Å². The standard InChI is InChI=1S/C20H30N2O/c1-16(2)19(23)21-12-6-10-20(15-21)11-7-13-22(20)14-18-9-5-4-8-17(18)3/h4-5,8-9,16H,6-7,10-15H2,1-3H3/t20-/m1/s1. The third-order valence-electron chi connectivity index (χ3n) is 5.72. The fourth-order valence-corrected chi connectivity index (χ4v) is 4.36. The Kier molecular flexibility index (Phi) is 4.77. The van der Waals surface area contributed by atoms with Crippen LogP contribution in [0.3, 0.4) is 0 Å². The van der Waals surface area contributed by atoms with Crippen LogP contribution in [-0.4, -0.2) is 40.9 Å². The van der Waals surface area contributed by atoms with Crippen molar-refractivity contribution in [3.8, 4) is 0 Å². The Morgan fingerprint density at radius 3 is 2.57 bits per heavy atom. The smallest absolute Gasteiger partial charge is 0.225 e. The first-order valence-corrected chi connectivity index (χ1v) is 9.10. The zero-order valence-corrected chi connectivity index (χ0v) is 14.8. The molecule has 3 nitrogen and oxygen atoms in total. The molecule has 1 aromatic rings. The van der Waals surface area contributed by atoms with Crippen LogP contribution in [0.4, 0.5) is 0 Å². The van der Waals surface area contributed by atoms with Gasteiger partial charge in [-0.2, -0.15) is 0 Å². The van der Waals surface area contributed by atoms with Crippen LogP contribution in [-0.2, 0) is 11.3 Å². The van der Waals surface area contributed by atoms with E-state index in [2.05, 4.69) is 41.0 Å². The molecule has 126 valence electrons. The molecular weight excluding hydrogens is 284 g/mol. The van der Waals surface area contributed by atoms with Gasteiger partial charge in [-0.15, -0.1) is 0 Å². The molecule has 1 aromatic carbocycles. The van der Waals surface area contributed by atoms with Crippen molar-refractivity contribution in [2.45, 2.75) is 58.5 Å². The lowest BCUT2D eigenvalue weighted by Gasteiger charge is -2.46. The lowest BCUT2D eigenvalue weighted by atomic mass is 9.85. The minimum Gasteiger partial charge on any atom is -0.341 e. The van der Waals surface area contributed by atoms with E-state index in [1.165, 1.54) is 30.4 Å². The van der Waals surface area contributed by atoms with Crippen molar-refractivity contribution in [2.24, 2.45) is 5.92 Å². The second-order valence-corrected chi connectivity index (χ2v) is 7.69. The third kappa shape index (κ3) is 3.30. The molecule has 0 unspecified atom stereocenters. The number of likely N-dealkylation sites (tertiary alicyclic amines) is 2. The van der Waals surface area contributed by atoms with Crippen molar-refractivity contribution in [3.63, 3.8) is 0 Å². The summed E-state index contributed by atoms with van der Waals surface area (Å²) >= 11 is 0.